The van der Waals surface area contributed by atoms with Gasteiger partial charge in [-0.25, -0.2) is 4.98 Å². The number of aryl methyl sites for hydroxylation is 1. The van der Waals surface area contributed by atoms with Crippen LogP contribution in [-0.4, -0.2) is 11.6 Å². The summed E-state index contributed by atoms with van der Waals surface area (Å²) in [6.07, 6.45) is 1.64. The SMILES string of the molecule is CCOc1ccccc1Nc1ncc(N)cc1C. The molecule has 1 aromatic carbocycles. The molecule has 0 unspecified atom stereocenters. The lowest BCUT2D eigenvalue weighted by molar-refractivity contribution is 0.342. The number of hydrogen-bond acceptors (Lipinski definition) is 4. The Kier molecular flexibility index (Phi) is 3.67. The van der Waals surface area contributed by atoms with E-state index in [1.165, 1.54) is 0 Å². The number of rotatable bonds is 4. The maximum atomic E-state index is 5.68. The normalized spacial score (nSPS) is 10.1. The van der Waals surface area contributed by atoms with Crippen molar-refractivity contribution in [1.82, 2.24) is 4.98 Å². The second kappa shape index (κ2) is 5.40. The van der Waals surface area contributed by atoms with Gasteiger partial charge in [0.25, 0.3) is 0 Å². The van der Waals surface area contributed by atoms with Gasteiger partial charge in [0.1, 0.15) is 11.6 Å². The van der Waals surface area contributed by atoms with Crippen LogP contribution in [0.1, 0.15) is 12.5 Å². The zero-order valence-corrected chi connectivity index (χ0v) is 10.6. The molecular formula is C14H17N3O. The predicted molar refractivity (Wildman–Crippen MR) is 74.3 cm³/mol. The largest absolute Gasteiger partial charge is 0.492 e. The van der Waals surface area contributed by atoms with Gasteiger partial charge in [0.05, 0.1) is 24.2 Å². The van der Waals surface area contributed by atoms with Crippen molar-refractivity contribution in [2.24, 2.45) is 0 Å². The van der Waals surface area contributed by atoms with Gasteiger partial charge in [-0.1, -0.05) is 12.1 Å². The minimum absolute atomic E-state index is 0.632. The number of nitrogen functional groups attached to an aromatic ring is 1. The Labute approximate surface area is 107 Å². The van der Waals surface area contributed by atoms with Crippen LogP contribution in [0.4, 0.5) is 17.2 Å². The molecule has 4 nitrogen and oxygen atoms in total. The molecule has 18 heavy (non-hydrogen) atoms. The maximum absolute atomic E-state index is 5.68. The van der Waals surface area contributed by atoms with Crippen LogP contribution in [0.15, 0.2) is 36.5 Å². The minimum atomic E-state index is 0.632. The molecule has 1 aromatic heterocycles. The monoisotopic (exact) mass is 243 g/mol. The van der Waals surface area contributed by atoms with Crippen molar-refractivity contribution in [3.05, 3.63) is 42.1 Å². The third-order valence-corrected chi connectivity index (χ3v) is 2.54. The molecule has 2 aromatic rings. The molecule has 4 heteroatoms. The van der Waals surface area contributed by atoms with Crippen LogP contribution in [0.2, 0.25) is 0 Å². The highest BCUT2D eigenvalue weighted by molar-refractivity contribution is 5.66. The summed E-state index contributed by atoms with van der Waals surface area (Å²) in [7, 11) is 0. The second-order valence-corrected chi connectivity index (χ2v) is 3.99. The van der Waals surface area contributed by atoms with Gasteiger partial charge in [-0.2, -0.15) is 0 Å². The van der Waals surface area contributed by atoms with E-state index in [9.17, 15) is 0 Å². The topological polar surface area (TPSA) is 60.2 Å². The summed E-state index contributed by atoms with van der Waals surface area (Å²) in [6, 6.07) is 9.68. The fraction of sp³-hybridized carbons (Fsp3) is 0.214. The molecule has 0 radical (unpaired) electrons. The number of nitrogens with two attached hydrogens (primary N) is 1. The quantitative estimate of drug-likeness (QED) is 0.866. The first-order valence-corrected chi connectivity index (χ1v) is 5.91. The van der Waals surface area contributed by atoms with Gasteiger partial charge in [-0.3, -0.25) is 0 Å². The Morgan fingerprint density at radius 3 is 2.83 bits per heavy atom. The van der Waals surface area contributed by atoms with Gasteiger partial charge in [0, 0.05) is 0 Å². The molecule has 0 amide bonds. The summed E-state index contributed by atoms with van der Waals surface area (Å²) in [5, 5.41) is 3.26. The zero-order valence-electron chi connectivity index (χ0n) is 10.6. The molecule has 0 atom stereocenters. The smallest absolute Gasteiger partial charge is 0.142 e. The number of nitrogens with zero attached hydrogens (tertiary/aromatic N) is 1. The second-order valence-electron chi connectivity index (χ2n) is 3.99. The van der Waals surface area contributed by atoms with E-state index in [-0.39, 0.29) is 0 Å². The molecule has 0 fully saturated rings. The molecule has 3 N–H and O–H groups in total. The van der Waals surface area contributed by atoms with Crippen molar-refractivity contribution in [1.29, 1.82) is 0 Å². The molecule has 2 rings (SSSR count). The van der Waals surface area contributed by atoms with E-state index in [2.05, 4.69) is 10.3 Å². The molecule has 0 saturated heterocycles. The molecular weight excluding hydrogens is 226 g/mol. The Morgan fingerprint density at radius 2 is 2.11 bits per heavy atom. The van der Waals surface area contributed by atoms with Crippen LogP contribution < -0.4 is 15.8 Å². The molecule has 1 heterocycles. The first-order valence-electron chi connectivity index (χ1n) is 5.91. The summed E-state index contributed by atoms with van der Waals surface area (Å²) < 4.78 is 5.56. The molecule has 0 aliphatic carbocycles. The van der Waals surface area contributed by atoms with Crippen molar-refractivity contribution >= 4 is 17.2 Å². The molecule has 0 spiro atoms. The van der Waals surface area contributed by atoms with Crippen LogP contribution in [0.25, 0.3) is 0 Å². The number of para-hydroxylation sites is 2. The van der Waals surface area contributed by atoms with Gasteiger partial charge >= 0.3 is 0 Å². The summed E-state index contributed by atoms with van der Waals surface area (Å²) in [4.78, 5) is 4.28. The van der Waals surface area contributed by atoms with Gasteiger partial charge in [0.2, 0.25) is 0 Å². The van der Waals surface area contributed by atoms with Crippen molar-refractivity contribution < 1.29 is 4.74 Å². The van der Waals surface area contributed by atoms with Crippen molar-refractivity contribution in [3.63, 3.8) is 0 Å². The highest BCUT2D eigenvalue weighted by Crippen LogP contribution is 2.28. The zero-order chi connectivity index (χ0) is 13.0. The van der Waals surface area contributed by atoms with Crippen LogP contribution >= 0.6 is 0 Å². The molecule has 0 saturated carbocycles. The van der Waals surface area contributed by atoms with Gasteiger partial charge in [-0.15, -0.1) is 0 Å². The van der Waals surface area contributed by atoms with Crippen molar-refractivity contribution in [2.75, 3.05) is 17.7 Å². The fourth-order valence-corrected chi connectivity index (χ4v) is 1.71. The van der Waals surface area contributed by atoms with Crippen LogP contribution in [-0.2, 0) is 0 Å². The molecule has 0 aliphatic rings. The van der Waals surface area contributed by atoms with Crippen molar-refractivity contribution in [3.8, 4) is 5.75 Å². The van der Waals surface area contributed by atoms with Crippen LogP contribution in [0, 0.1) is 6.92 Å². The Morgan fingerprint density at radius 1 is 1.33 bits per heavy atom. The number of ether oxygens (including phenoxy) is 1. The van der Waals surface area contributed by atoms with E-state index in [1.54, 1.807) is 6.20 Å². The number of hydrogen-bond donors (Lipinski definition) is 2. The van der Waals surface area contributed by atoms with Crippen LogP contribution in [0.3, 0.4) is 0 Å². The Bertz CT molecular complexity index is 540. The lowest BCUT2D eigenvalue weighted by atomic mass is 10.2. The third-order valence-electron chi connectivity index (χ3n) is 2.54. The van der Waals surface area contributed by atoms with Crippen molar-refractivity contribution in [2.45, 2.75) is 13.8 Å². The van der Waals surface area contributed by atoms with E-state index >= 15 is 0 Å². The Hall–Kier alpha value is -2.23. The number of aromatic nitrogens is 1. The summed E-state index contributed by atoms with van der Waals surface area (Å²) in [5.41, 5.74) is 8.25. The first-order chi connectivity index (χ1) is 8.70. The number of nitrogens with one attached hydrogen (secondary N) is 1. The lowest BCUT2D eigenvalue weighted by Gasteiger charge is -2.13. The van der Waals surface area contributed by atoms with E-state index in [0.717, 1.165) is 22.8 Å². The third kappa shape index (κ3) is 2.71. The lowest BCUT2D eigenvalue weighted by Crippen LogP contribution is -2.01. The fourth-order valence-electron chi connectivity index (χ4n) is 1.71. The predicted octanol–water partition coefficient (Wildman–Crippen LogP) is 3.11. The average molecular weight is 243 g/mol. The van der Waals surface area contributed by atoms with Gasteiger partial charge in [0.15, 0.2) is 0 Å². The maximum Gasteiger partial charge on any atom is 0.142 e. The molecule has 94 valence electrons. The van der Waals surface area contributed by atoms with E-state index in [0.29, 0.717) is 12.3 Å². The summed E-state index contributed by atoms with van der Waals surface area (Å²) >= 11 is 0. The summed E-state index contributed by atoms with van der Waals surface area (Å²) in [5.74, 6) is 1.61. The average Bonchev–Trinajstić information content (AvgIpc) is 2.35. The van der Waals surface area contributed by atoms with E-state index in [4.69, 9.17) is 10.5 Å². The Balaban J connectivity index is 2.28. The van der Waals surface area contributed by atoms with E-state index in [1.807, 2.05) is 44.2 Å². The number of anilines is 3. The highest BCUT2D eigenvalue weighted by Gasteiger charge is 2.05. The first kappa shape index (κ1) is 12.2. The molecule has 0 bridgehead atoms. The van der Waals surface area contributed by atoms with Crippen LogP contribution in [0.5, 0.6) is 5.75 Å². The number of pyridine rings is 1. The standard InChI is InChI=1S/C14H17N3O/c1-3-18-13-7-5-4-6-12(13)17-14-10(2)8-11(15)9-16-14/h4-9H,3,15H2,1-2H3,(H,16,17). The minimum Gasteiger partial charge on any atom is -0.492 e. The van der Waals surface area contributed by atoms with E-state index < -0.39 is 0 Å². The number of benzene rings is 1. The van der Waals surface area contributed by atoms with Gasteiger partial charge in [-0.05, 0) is 37.6 Å². The summed E-state index contributed by atoms with van der Waals surface area (Å²) in [6.45, 7) is 4.56. The molecule has 0 aliphatic heterocycles. The van der Waals surface area contributed by atoms with Gasteiger partial charge < -0.3 is 15.8 Å². The highest BCUT2D eigenvalue weighted by atomic mass is 16.5.